The number of pyridine rings is 1. The molecule has 9 heteroatoms. The fraction of sp³-hybridized carbons (Fsp3) is 0.474. The van der Waals surface area contributed by atoms with E-state index in [0.29, 0.717) is 13.1 Å². The van der Waals surface area contributed by atoms with Crippen molar-refractivity contribution in [2.24, 2.45) is 0 Å². The third-order valence-electron chi connectivity index (χ3n) is 6.57. The molecule has 148 valence electrons. The molecule has 3 aliphatic rings. The molecule has 3 heterocycles. The van der Waals surface area contributed by atoms with E-state index in [1.807, 2.05) is 13.8 Å². The van der Waals surface area contributed by atoms with E-state index in [1.54, 1.807) is 4.90 Å². The summed E-state index contributed by atoms with van der Waals surface area (Å²) in [5, 5.41) is 12.3. The zero-order valence-electron chi connectivity index (χ0n) is 15.5. The van der Waals surface area contributed by atoms with Crippen LogP contribution >= 0.6 is 0 Å². The highest BCUT2D eigenvalue weighted by atomic mass is 19.1. The Hall–Kier alpha value is -2.68. The molecular weight excluding hydrogens is 370 g/mol. The number of nitrogens with two attached hydrogens (primary N) is 1. The Balaban J connectivity index is 1.81. The largest absolute Gasteiger partial charge is 0.477 e. The molecule has 0 radical (unpaired) electrons. The number of nitrogens with zero attached hydrogens (tertiary/aromatic N) is 2. The van der Waals surface area contributed by atoms with Crippen molar-refractivity contribution in [3.05, 3.63) is 33.6 Å². The number of hydrogen-bond acceptors (Lipinski definition) is 5. The first-order chi connectivity index (χ1) is 13.1. The van der Waals surface area contributed by atoms with Gasteiger partial charge in [-0.15, -0.1) is 0 Å². The van der Waals surface area contributed by atoms with Gasteiger partial charge in [0, 0.05) is 25.3 Å². The van der Waals surface area contributed by atoms with Gasteiger partial charge in [0.1, 0.15) is 11.3 Å². The van der Waals surface area contributed by atoms with Crippen LogP contribution in [-0.4, -0.2) is 39.8 Å². The van der Waals surface area contributed by atoms with E-state index in [-0.39, 0.29) is 28.3 Å². The first kappa shape index (κ1) is 17.4. The van der Waals surface area contributed by atoms with Crippen LogP contribution in [0.25, 0.3) is 10.9 Å². The van der Waals surface area contributed by atoms with Crippen molar-refractivity contribution in [2.75, 3.05) is 23.7 Å². The van der Waals surface area contributed by atoms with Crippen LogP contribution in [0.5, 0.6) is 0 Å². The summed E-state index contributed by atoms with van der Waals surface area (Å²) in [5.74, 6) is -3.33. The molecule has 0 amide bonds. The summed E-state index contributed by atoms with van der Waals surface area (Å²) in [6.45, 7) is 4.80. The molecule has 1 aliphatic carbocycles. The van der Waals surface area contributed by atoms with Gasteiger partial charge >= 0.3 is 5.97 Å². The van der Waals surface area contributed by atoms with E-state index in [9.17, 15) is 14.7 Å². The van der Waals surface area contributed by atoms with Crippen molar-refractivity contribution in [1.82, 2.24) is 9.88 Å². The van der Waals surface area contributed by atoms with Crippen LogP contribution in [0.15, 0.2) is 11.0 Å². The number of benzene rings is 1. The van der Waals surface area contributed by atoms with Gasteiger partial charge in [-0.3, -0.25) is 10.1 Å². The molecule has 1 aromatic heterocycles. The van der Waals surface area contributed by atoms with E-state index in [0.717, 1.165) is 19.0 Å². The minimum absolute atomic E-state index is 0.116. The predicted octanol–water partition coefficient (Wildman–Crippen LogP) is 1.84. The van der Waals surface area contributed by atoms with Gasteiger partial charge < -0.3 is 20.3 Å². The molecule has 7 nitrogen and oxygen atoms in total. The minimum atomic E-state index is -1.45. The predicted molar refractivity (Wildman–Crippen MR) is 99.9 cm³/mol. The summed E-state index contributed by atoms with van der Waals surface area (Å²) < 4.78 is 32.3. The van der Waals surface area contributed by atoms with E-state index < -0.39 is 39.7 Å². The monoisotopic (exact) mass is 390 g/mol. The van der Waals surface area contributed by atoms with Gasteiger partial charge in [0.15, 0.2) is 11.6 Å². The Morgan fingerprint density at radius 2 is 1.86 bits per heavy atom. The highest BCUT2D eigenvalue weighted by Gasteiger charge is 2.66. The quantitative estimate of drug-likeness (QED) is 0.545. The van der Waals surface area contributed by atoms with Crippen molar-refractivity contribution < 1.29 is 18.7 Å². The minimum Gasteiger partial charge on any atom is -0.477 e. The zero-order chi connectivity index (χ0) is 20.2. The lowest BCUT2D eigenvalue weighted by atomic mass is 10.0. The van der Waals surface area contributed by atoms with Gasteiger partial charge in [0.25, 0.3) is 0 Å². The van der Waals surface area contributed by atoms with Crippen LogP contribution in [-0.2, 0) is 0 Å². The van der Waals surface area contributed by atoms with Gasteiger partial charge in [-0.25, -0.2) is 13.6 Å². The summed E-state index contributed by atoms with van der Waals surface area (Å²) in [5.41, 5.74) is 3.09. The van der Waals surface area contributed by atoms with Crippen LogP contribution in [0.1, 0.15) is 43.1 Å². The van der Waals surface area contributed by atoms with Gasteiger partial charge in [-0.05, 0) is 26.7 Å². The van der Waals surface area contributed by atoms with Crippen LogP contribution < -0.4 is 21.4 Å². The molecule has 2 atom stereocenters. The third kappa shape index (κ3) is 2.05. The molecule has 1 aromatic carbocycles. The highest BCUT2D eigenvalue weighted by molar-refractivity contribution is 6.00. The van der Waals surface area contributed by atoms with Crippen LogP contribution in [0.2, 0.25) is 0 Å². The smallest absolute Gasteiger partial charge is 0.341 e. The second-order valence-electron chi connectivity index (χ2n) is 8.57. The molecule has 1 saturated carbocycles. The molecule has 2 unspecified atom stereocenters. The summed E-state index contributed by atoms with van der Waals surface area (Å²) in [4.78, 5) is 25.7. The summed E-state index contributed by atoms with van der Waals surface area (Å²) >= 11 is 0. The molecule has 0 bridgehead atoms. The average Bonchev–Trinajstić information content (AvgIpc) is 3.49. The first-order valence-corrected chi connectivity index (χ1v) is 9.21. The number of anilines is 2. The number of piperazine rings is 1. The number of nitrogen functional groups attached to an aromatic ring is 1. The summed E-state index contributed by atoms with van der Waals surface area (Å²) in [7, 11) is 0. The number of hydrogen-bond donors (Lipinski definition) is 3. The highest BCUT2D eigenvalue weighted by Crippen LogP contribution is 2.49. The van der Waals surface area contributed by atoms with E-state index in [2.05, 4.69) is 5.32 Å². The van der Waals surface area contributed by atoms with Crippen molar-refractivity contribution in [2.45, 2.75) is 43.8 Å². The number of carbonyl (C=O) groups is 1. The van der Waals surface area contributed by atoms with Crippen molar-refractivity contribution >= 4 is 28.2 Å². The van der Waals surface area contributed by atoms with Gasteiger partial charge in [0.05, 0.1) is 27.7 Å². The fourth-order valence-electron chi connectivity index (χ4n) is 4.61. The number of fused-ring (bicyclic) bond motifs is 2. The molecule has 2 aliphatic heterocycles. The number of carboxylic acids is 1. The normalized spacial score (nSPS) is 28.6. The van der Waals surface area contributed by atoms with Crippen molar-refractivity contribution in [3.8, 4) is 0 Å². The summed E-state index contributed by atoms with van der Waals surface area (Å²) in [6.07, 6.45) is 2.61. The standard InChI is InChI=1S/C19H20F2N4O3/c1-18-6-24(7-19(18,2)23-18)15-11(20)13(22)10-14(12(15)21)25(8-3-4-8)5-9(16(10)26)17(27)28/h5,8,23H,3-4,6-7,22H2,1-2H3,(H,27,28). The third-order valence-corrected chi connectivity index (χ3v) is 6.57. The Morgan fingerprint density at radius 3 is 2.39 bits per heavy atom. The lowest BCUT2D eigenvalue weighted by Gasteiger charge is -2.26. The number of halogens is 2. The Bertz CT molecular complexity index is 1130. The number of rotatable bonds is 3. The SMILES string of the molecule is CC12CN(c3c(F)c(N)c4c(=O)c(C(=O)O)cn(C5CC5)c4c3F)CC1(C)N2. The van der Waals surface area contributed by atoms with E-state index in [4.69, 9.17) is 5.73 Å². The van der Waals surface area contributed by atoms with Crippen LogP contribution in [0.4, 0.5) is 20.2 Å². The molecule has 4 N–H and O–H groups in total. The summed E-state index contributed by atoms with van der Waals surface area (Å²) in [6, 6.07) is -0.128. The Kier molecular flexibility index (Phi) is 3.12. The van der Waals surface area contributed by atoms with Gasteiger partial charge in [-0.2, -0.15) is 0 Å². The molecule has 3 fully saturated rings. The van der Waals surface area contributed by atoms with Crippen LogP contribution in [0.3, 0.4) is 0 Å². The van der Waals surface area contributed by atoms with E-state index >= 15 is 8.78 Å². The Labute approximate surface area is 158 Å². The van der Waals surface area contributed by atoms with Gasteiger partial charge in [-0.1, -0.05) is 0 Å². The molecule has 0 spiro atoms. The van der Waals surface area contributed by atoms with Crippen molar-refractivity contribution in [1.29, 1.82) is 0 Å². The number of aromatic nitrogens is 1. The molecular formula is C19H20F2N4O3. The molecule has 5 rings (SSSR count). The Morgan fingerprint density at radius 1 is 1.25 bits per heavy atom. The molecule has 2 aromatic rings. The lowest BCUT2D eigenvalue weighted by Crippen LogP contribution is -2.34. The van der Waals surface area contributed by atoms with E-state index in [1.165, 1.54) is 4.57 Å². The number of carboxylic acid groups (broad SMARTS) is 1. The fourth-order valence-corrected chi connectivity index (χ4v) is 4.61. The topological polar surface area (TPSA) is 110 Å². The average molecular weight is 390 g/mol. The lowest BCUT2D eigenvalue weighted by molar-refractivity contribution is 0.0695. The maximum atomic E-state index is 15.6. The zero-order valence-corrected chi connectivity index (χ0v) is 15.5. The molecule has 2 saturated heterocycles. The second kappa shape index (κ2) is 5.02. The number of aromatic carboxylic acids is 1. The number of nitrogens with one attached hydrogen (secondary N) is 1. The second-order valence-corrected chi connectivity index (χ2v) is 8.57. The van der Waals surface area contributed by atoms with Gasteiger partial charge in [0.2, 0.25) is 5.43 Å². The van der Waals surface area contributed by atoms with Crippen LogP contribution in [0, 0.1) is 11.6 Å². The first-order valence-electron chi connectivity index (χ1n) is 9.21. The maximum Gasteiger partial charge on any atom is 0.341 e. The maximum absolute atomic E-state index is 15.6. The van der Waals surface area contributed by atoms with Crippen molar-refractivity contribution in [3.63, 3.8) is 0 Å². The molecule has 28 heavy (non-hydrogen) atoms.